The van der Waals surface area contributed by atoms with E-state index in [4.69, 9.17) is 4.74 Å². The largest absolute Gasteiger partial charge is 0.508 e. The number of phenolic OH excluding ortho intramolecular Hbond substituents is 1. The molecule has 3 N–H and O–H groups in total. The van der Waals surface area contributed by atoms with Gasteiger partial charge >= 0.3 is 0 Å². The molecule has 1 aromatic heterocycles. The zero-order valence-corrected chi connectivity index (χ0v) is 15.6. The van der Waals surface area contributed by atoms with Gasteiger partial charge in [-0.1, -0.05) is 0 Å². The van der Waals surface area contributed by atoms with Crippen molar-refractivity contribution in [3.05, 3.63) is 46.2 Å². The lowest BCUT2D eigenvalue weighted by molar-refractivity contribution is 0.410. The molecule has 5 nitrogen and oxygen atoms in total. The first kappa shape index (κ1) is 18.6. The summed E-state index contributed by atoms with van der Waals surface area (Å²) in [4.78, 5) is 4.16. The third-order valence-corrected chi connectivity index (χ3v) is 3.73. The monoisotopic (exact) mass is 433 g/mol. The van der Waals surface area contributed by atoms with Gasteiger partial charge in [0.05, 0.1) is 7.11 Å². The molecular formula is C15H20IN3O2S. The Bertz CT molecular complexity index is 603. The van der Waals surface area contributed by atoms with Crippen LogP contribution in [0.5, 0.6) is 11.5 Å². The molecule has 0 aliphatic carbocycles. The fourth-order valence-corrected chi connectivity index (χ4v) is 2.48. The summed E-state index contributed by atoms with van der Waals surface area (Å²) < 4.78 is 5.16. The molecular weight excluding hydrogens is 413 g/mol. The van der Waals surface area contributed by atoms with Gasteiger partial charge in [0.1, 0.15) is 11.5 Å². The van der Waals surface area contributed by atoms with Gasteiger partial charge in [0.25, 0.3) is 0 Å². The molecule has 0 fully saturated rings. The highest BCUT2D eigenvalue weighted by Gasteiger charge is 2.05. The number of nitrogens with zero attached hydrogens (tertiary/aromatic N) is 1. The molecule has 7 heteroatoms. The number of hydrogen-bond donors (Lipinski definition) is 3. The number of aromatic hydroxyl groups is 1. The van der Waals surface area contributed by atoms with Crippen LogP contribution in [0.25, 0.3) is 0 Å². The van der Waals surface area contributed by atoms with E-state index in [2.05, 4.69) is 27.1 Å². The second kappa shape index (κ2) is 9.52. The van der Waals surface area contributed by atoms with Crippen LogP contribution in [0.1, 0.15) is 11.1 Å². The van der Waals surface area contributed by atoms with Crippen molar-refractivity contribution < 1.29 is 9.84 Å². The standard InChI is InChI=1S/C15H19N3O2S.HI/c1-16-15(17-8-11-5-6-21-10-11)18-9-12-7-13(20-2)3-4-14(12)19;/h3-7,10,19H,8-9H2,1-2H3,(H2,16,17,18);1H. The van der Waals surface area contributed by atoms with E-state index in [9.17, 15) is 5.11 Å². The molecule has 22 heavy (non-hydrogen) atoms. The van der Waals surface area contributed by atoms with E-state index in [1.807, 2.05) is 5.38 Å². The normalized spacial score (nSPS) is 10.7. The van der Waals surface area contributed by atoms with Crippen molar-refractivity contribution in [2.75, 3.05) is 14.2 Å². The maximum Gasteiger partial charge on any atom is 0.191 e. The fraction of sp³-hybridized carbons (Fsp3) is 0.267. The number of halogens is 1. The van der Waals surface area contributed by atoms with Crippen LogP contribution in [-0.4, -0.2) is 25.2 Å². The lowest BCUT2D eigenvalue weighted by Gasteiger charge is -2.13. The molecule has 0 bridgehead atoms. The highest BCUT2D eigenvalue weighted by Crippen LogP contribution is 2.22. The van der Waals surface area contributed by atoms with Crippen LogP contribution in [0.3, 0.4) is 0 Å². The number of guanidine groups is 1. The van der Waals surface area contributed by atoms with Gasteiger partial charge in [0, 0.05) is 25.7 Å². The zero-order chi connectivity index (χ0) is 15.1. The van der Waals surface area contributed by atoms with Gasteiger partial charge in [-0.05, 0) is 40.6 Å². The topological polar surface area (TPSA) is 65.9 Å². The summed E-state index contributed by atoms with van der Waals surface area (Å²) in [6.45, 7) is 1.18. The molecule has 1 aromatic carbocycles. The van der Waals surface area contributed by atoms with E-state index in [-0.39, 0.29) is 29.7 Å². The lowest BCUT2D eigenvalue weighted by atomic mass is 10.2. The summed E-state index contributed by atoms with van der Waals surface area (Å²) in [6, 6.07) is 7.22. The number of ether oxygens (including phenoxy) is 1. The minimum atomic E-state index is 0. The Morgan fingerprint density at radius 3 is 2.68 bits per heavy atom. The highest BCUT2D eigenvalue weighted by atomic mass is 127. The van der Waals surface area contributed by atoms with Gasteiger partial charge < -0.3 is 20.5 Å². The van der Waals surface area contributed by atoms with Crippen molar-refractivity contribution in [3.8, 4) is 11.5 Å². The fourth-order valence-electron chi connectivity index (χ4n) is 1.81. The Hall–Kier alpha value is -1.48. The quantitative estimate of drug-likeness (QED) is 0.386. The van der Waals surface area contributed by atoms with Crippen LogP contribution in [0.4, 0.5) is 0 Å². The van der Waals surface area contributed by atoms with Gasteiger partial charge in [-0.3, -0.25) is 4.99 Å². The minimum Gasteiger partial charge on any atom is -0.508 e. The average molecular weight is 433 g/mol. The number of aliphatic imine (C=N–C) groups is 1. The van der Waals surface area contributed by atoms with Gasteiger partial charge in [0.2, 0.25) is 0 Å². The number of phenols is 1. The maximum atomic E-state index is 9.84. The molecule has 0 radical (unpaired) electrons. The molecule has 0 atom stereocenters. The Labute approximate surface area is 151 Å². The third kappa shape index (κ3) is 5.38. The molecule has 0 aliphatic rings. The number of nitrogens with one attached hydrogen (secondary N) is 2. The predicted octanol–water partition coefficient (Wildman–Crippen LogP) is 2.95. The van der Waals surface area contributed by atoms with Crippen LogP contribution in [0, 0.1) is 0 Å². The van der Waals surface area contributed by atoms with Crippen molar-refractivity contribution in [2.45, 2.75) is 13.1 Å². The van der Waals surface area contributed by atoms with Crippen LogP contribution in [0.15, 0.2) is 40.0 Å². The number of hydrogen-bond acceptors (Lipinski definition) is 4. The second-order valence-corrected chi connectivity index (χ2v) is 5.19. The molecule has 120 valence electrons. The molecule has 0 unspecified atom stereocenters. The van der Waals surface area contributed by atoms with E-state index < -0.39 is 0 Å². The third-order valence-electron chi connectivity index (χ3n) is 3.00. The first-order chi connectivity index (χ1) is 10.2. The van der Waals surface area contributed by atoms with E-state index in [1.165, 1.54) is 5.56 Å². The van der Waals surface area contributed by atoms with Crippen molar-refractivity contribution in [2.24, 2.45) is 4.99 Å². The summed E-state index contributed by atoms with van der Waals surface area (Å²) in [5, 5.41) is 20.4. The Balaban J connectivity index is 0.00000242. The SMILES string of the molecule is CN=C(NCc1ccsc1)NCc1cc(OC)ccc1O.I. The molecule has 2 rings (SSSR count). The molecule has 0 aliphatic heterocycles. The number of thiophene rings is 1. The minimum absolute atomic E-state index is 0. The first-order valence-corrected chi connectivity index (χ1v) is 7.48. The van der Waals surface area contributed by atoms with E-state index in [0.29, 0.717) is 24.8 Å². The number of rotatable bonds is 5. The maximum absolute atomic E-state index is 9.84. The van der Waals surface area contributed by atoms with Crippen LogP contribution < -0.4 is 15.4 Å². The van der Waals surface area contributed by atoms with E-state index in [0.717, 1.165) is 5.56 Å². The lowest BCUT2D eigenvalue weighted by Crippen LogP contribution is -2.36. The predicted molar refractivity (Wildman–Crippen MR) is 101 cm³/mol. The Morgan fingerprint density at radius 1 is 1.27 bits per heavy atom. The van der Waals surface area contributed by atoms with Crippen LogP contribution >= 0.6 is 35.3 Å². The van der Waals surface area contributed by atoms with Gasteiger partial charge in [-0.2, -0.15) is 11.3 Å². The van der Waals surface area contributed by atoms with Crippen molar-refractivity contribution >= 4 is 41.3 Å². The van der Waals surface area contributed by atoms with Crippen molar-refractivity contribution in [1.82, 2.24) is 10.6 Å². The summed E-state index contributed by atoms with van der Waals surface area (Å²) in [5.74, 6) is 1.63. The first-order valence-electron chi connectivity index (χ1n) is 6.54. The van der Waals surface area contributed by atoms with E-state index in [1.54, 1.807) is 43.7 Å². The van der Waals surface area contributed by atoms with E-state index >= 15 is 0 Å². The summed E-state index contributed by atoms with van der Waals surface area (Å²) in [6.07, 6.45) is 0. The van der Waals surface area contributed by atoms with Crippen LogP contribution in [0.2, 0.25) is 0 Å². The summed E-state index contributed by atoms with van der Waals surface area (Å²) in [7, 11) is 3.32. The Morgan fingerprint density at radius 2 is 2.05 bits per heavy atom. The van der Waals surface area contributed by atoms with Crippen molar-refractivity contribution in [1.29, 1.82) is 0 Å². The summed E-state index contributed by atoms with van der Waals surface area (Å²) >= 11 is 1.67. The van der Waals surface area contributed by atoms with Crippen molar-refractivity contribution in [3.63, 3.8) is 0 Å². The molecule has 0 saturated carbocycles. The molecule has 0 saturated heterocycles. The Kier molecular flexibility index (Phi) is 8.03. The average Bonchev–Trinajstić information content (AvgIpc) is 3.02. The second-order valence-electron chi connectivity index (χ2n) is 4.41. The smallest absolute Gasteiger partial charge is 0.191 e. The summed E-state index contributed by atoms with van der Waals surface area (Å²) in [5.41, 5.74) is 1.97. The number of methoxy groups -OCH3 is 1. The van der Waals surface area contributed by atoms with Crippen LogP contribution in [-0.2, 0) is 13.1 Å². The molecule has 0 spiro atoms. The molecule has 0 amide bonds. The molecule has 2 aromatic rings. The van der Waals surface area contributed by atoms with Gasteiger partial charge in [0.15, 0.2) is 5.96 Å². The van der Waals surface area contributed by atoms with Gasteiger partial charge in [-0.15, -0.1) is 24.0 Å². The molecule has 1 heterocycles. The zero-order valence-electron chi connectivity index (χ0n) is 12.5. The van der Waals surface area contributed by atoms with Gasteiger partial charge in [-0.25, -0.2) is 0 Å². The highest BCUT2D eigenvalue weighted by molar-refractivity contribution is 14.0. The number of benzene rings is 1.